The Morgan fingerprint density at radius 1 is 1.06 bits per heavy atom. The quantitative estimate of drug-likeness (QED) is 0.704. The molecule has 7 heteroatoms. The van der Waals surface area contributed by atoms with Crippen molar-refractivity contribution in [3.8, 4) is 0 Å². The Morgan fingerprint density at radius 2 is 1.81 bits per heavy atom. The summed E-state index contributed by atoms with van der Waals surface area (Å²) < 4.78 is 0.979. The fourth-order valence-corrected chi connectivity index (χ4v) is 4.50. The highest BCUT2D eigenvalue weighted by Crippen LogP contribution is 2.30. The van der Waals surface area contributed by atoms with Gasteiger partial charge in [-0.05, 0) is 62.1 Å². The largest absolute Gasteiger partial charge is 0.339 e. The zero-order chi connectivity index (χ0) is 22.1. The average molecular weight is 484 g/mol. The molecule has 1 unspecified atom stereocenters. The third-order valence-electron chi connectivity index (χ3n) is 6.09. The lowest BCUT2D eigenvalue weighted by atomic mass is 10.0. The molecular weight excluding hydrogens is 458 g/mol. The lowest BCUT2D eigenvalue weighted by Crippen LogP contribution is -2.31. The van der Waals surface area contributed by atoms with E-state index in [0.29, 0.717) is 17.8 Å². The molecule has 0 radical (unpaired) electrons. The third kappa shape index (κ3) is 4.37. The maximum absolute atomic E-state index is 13.1. The molecule has 0 aliphatic carbocycles. The topological polar surface area (TPSA) is 69.7 Å². The number of anilines is 2. The number of para-hydroxylation sites is 1. The molecule has 2 heterocycles. The second-order valence-corrected chi connectivity index (χ2v) is 9.18. The molecular formula is C24H26BrN3O3. The van der Waals surface area contributed by atoms with Gasteiger partial charge in [-0.3, -0.25) is 14.4 Å². The number of nitrogens with zero attached hydrogens (tertiary/aromatic N) is 2. The van der Waals surface area contributed by atoms with Gasteiger partial charge in [0.25, 0.3) is 5.91 Å². The first-order chi connectivity index (χ1) is 14.8. The van der Waals surface area contributed by atoms with Crippen LogP contribution in [0.3, 0.4) is 0 Å². The smallest absolute Gasteiger partial charge is 0.255 e. The number of carbonyl (C=O) groups is 3. The molecule has 1 atom stereocenters. The average Bonchev–Trinajstić information content (AvgIpc) is 3.41. The molecule has 2 aromatic carbocycles. The molecule has 31 heavy (non-hydrogen) atoms. The molecule has 2 saturated heterocycles. The van der Waals surface area contributed by atoms with Gasteiger partial charge in [0.15, 0.2) is 0 Å². The van der Waals surface area contributed by atoms with E-state index in [1.54, 1.807) is 11.0 Å². The number of hydrogen-bond donors (Lipinski definition) is 1. The van der Waals surface area contributed by atoms with Gasteiger partial charge in [-0.2, -0.15) is 0 Å². The molecule has 2 aromatic rings. The molecule has 4 rings (SSSR count). The standard InChI is InChI=1S/C24H26BrN3O3/c1-15-6-5-7-19(24(31)27-10-3-4-11-27)22(15)26-23(30)17-13-21(29)28(14-17)18-8-9-20(25)16(2)12-18/h5-9,12,17H,3-4,10-11,13-14H2,1-2H3,(H,26,30). The molecule has 1 N–H and O–H groups in total. The molecule has 0 saturated carbocycles. The van der Waals surface area contributed by atoms with E-state index in [9.17, 15) is 14.4 Å². The third-order valence-corrected chi connectivity index (χ3v) is 6.98. The van der Waals surface area contributed by atoms with Gasteiger partial charge in [-0.25, -0.2) is 0 Å². The summed E-state index contributed by atoms with van der Waals surface area (Å²) in [4.78, 5) is 42.2. The van der Waals surface area contributed by atoms with Crippen molar-refractivity contribution in [3.63, 3.8) is 0 Å². The van der Waals surface area contributed by atoms with Crippen LogP contribution in [-0.2, 0) is 9.59 Å². The van der Waals surface area contributed by atoms with Gasteiger partial charge in [0.2, 0.25) is 11.8 Å². The van der Waals surface area contributed by atoms with E-state index in [1.807, 2.05) is 49.1 Å². The molecule has 0 spiro atoms. The Hall–Kier alpha value is -2.67. The minimum absolute atomic E-state index is 0.0500. The number of amides is 3. The van der Waals surface area contributed by atoms with E-state index in [0.717, 1.165) is 47.2 Å². The minimum Gasteiger partial charge on any atom is -0.339 e. The summed E-state index contributed by atoms with van der Waals surface area (Å²) in [6, 6.07) is 11.2. The Kier molecular flexibility index (Phi) is 6.14. The van der Waals surface area contributed by atoms with Crippen LogP contribution in [0.25, 0.3) is 0 Å². The van der Waals surface area contributed by atoms with Gasteiger partial charge >= 0.3 is 0 Å². The van der Waals surface area contributed by atoms with Crippen molar-refractivity contribution in [3.05, 3.63) is 57.6 Å². The van der Waals surface area contributed by atoms with Crippen LogP contribution in [0.15, 0.2) is 40.9 Å². The van der Waals surface area contributed by atoms with Gasteiger partial charge in [-0.1, -0.05) is 28.1 Å². The lowest BCUT2D eigenvalue weighted by Gasteiger charge is -2.21. The fourth-order valence-electron chi connectivity index (χ4n) is 4.26. The molecule has 2 fully saturated rings. The van der Waals surface area contributed by atoms with Crippen LogP contribution in [0, 0.1) is 19.8 Å². The Bertz CT molecular complexity index is 1050. The number of benzene rings is 2. The van der Waals surface area contributed by atoms with Gasteiger partial charge in [0, 0.05) is 36.2 Å². The number of carbonyl (C=O) groups excluding carboxylic acids is 3. The van der Waals surface area contributed by atoms with Crippen LogP contribution >= 0.6 is 15.9 Å². The van der Waals surface area contributed by atoms with Crippen molar-refractivity contribution in [2.24, 2.45) is 5.92 Å². The maximum Gasteiger partial charge on any atom is 0.255 e. The number of hydrogen-bond acceptors (Lipinski definition) is 3. The van der Waals surface area contributed by atoms with Crippen LogP contribution in [-0.4, -0.2) is 42.3 Å². The van der Waals surface area contributed by atoms with Crippen LogP contribution < -0.4 is 10.2 Å². The van der Waals surface area contributed by atoms with E-state index in [1.165, 1.54) is 0 Å². The van der Waals surface area contributed by atoms with Gasteiger partial charge in [0.05, 0.1) is 17.2 Å². The lowest BCUT2D eigenvalue weighted by molar-refractivity contribution is -0.122. The molecule has 3 amide bonds. The summed E-state index contributed by atoms with van der Waals surface area (Å²) in [5.74, 6) is -0.814. The summed E-state index contributed by atoms with van der Waals surface area (Å²) in [6.45, 7) is 5.67. The van der Waals surface area contributed by atoms with Crippen molar-refractivity contribution in [2.45, 2.75) is 33.1 Å². The summed E-state index contributed by atoms with van der Waals surface area (Å²) >= 11 is 3.48. The second-order valence-electron chi connectivity index (χ2n) is 8.32. The molecule has 2 aliphatic heterocycles. The number of aryl methyl sites for hydroxylation is 2. The highest BCUT2D eigenvalue weighted by Gasteiger charge is 2.36. The molecule has 0 bridgehead atoms. The first kappa shape index (κ1) is 21.6. The highest BCUT2D eigenvalue weighted by atomic mass is 79.9. The Morgan fingerprint density at radius 3 is 2.52 bits per heavy atom. The van der Waals surface area contributed by atoms with E-state index in [4.69, 9.17) is 0 Å². The SMILES string of the molecule is Cc1cc(N2CC(C(=O)Nc3c(C)cccc3C(=O)N3CCCC3)CC2=O)ccc1Br. The van der Waals surface area contributed by atoms with E-state index in [2.05, 4.69) is 21.2 Å². The number of likely N-dealkylation sites (tertiary alicyclic amines) is 1. The van der Waals surface area contributed by atoms with Crippen LogP contribution in [0.2, 0.25) is 0 Å². The highest BCUT2D eigenvalue weighted by molar-refractivity contribution is 9.10. The van der Waals surface area contributed by atoms with Crippen LogP contribution in [0.1, 0.15) is 40.7 Å². The van der Waals surface area contributed by atoms with Crippen molar-refractivity contribution in [2.75, 3.05) is 29.9 Å². The molecule has 0 aromatic heterocycles. The predicted molar refractivity (Wildman–Crippen MR) is 124 cm³/mol. The molecule has 162 valence electrons. The summed E-state index contributed by atoms with van der Waals surface area (Å²) in [7, 11) is 0. The first-order valence-electron chi connectivity index (χ1n) is 10.6. The van der Waals surface area contributed by atoms with Crippen molar-refractivity contribution < 1.29 is 14.4 Å². The number of nitrogens with one attached hydrogen (secondary N) is 1. The van der Waals surface area contributed by atoms with Crippen LogP contribution in [0.4, 0.5) is 11.4 Å². The number of rotatable bonds is 4. The number of halogens is 1. The van der Waals surface area contributed by atoms with Gasteiger partial charge < -0.3 is 15.1 Å². The van der Waals surface area contributed by atoms with E-state index in [-0.39, 0.29) is 24.1 Å². The van der Waals surface area contributed by atoms with E-state index < -0.39 is 5.92 Å². The normalized spacial score (nSPS) is 18.5. The zero-order valence-corrected chi connectivity index (χ0v) is 19.4. The maximum atomic E-state index is 13.1. The second kappa shape index (κ2) is 8.83. The molecule has 2 aliphatic rings. The van der Waals surface area contributed by atoms with Gasteiger partial charge in [-0.15, -0.1) is 0 Å². The first-order valence-corrected chi connectivity index (χ1v) is 11.4. The van der Waals surface area contributed by atoms with Crippen molar-refractivity contribution in [1.82, 2.24) is 4.90 Å². The summed E-state index contributed by atoms with van der Waals surface area (Å²) in [5, 5.41) is 2.97. The predicted octanol–water partition coefficient (Wildman–Crippen LogP) is 4.29. The van der Waals surface area contributed by atoms with E-state index >= 15 is 0 Å². The van der Waals surface area contributed by atoms with Crippen LogP contribution in [0.5, 0.6) is 0 Å². The van der Waals surface area contributed by atoms with Crippen molar-refractivity contribution >= 4 is 45.0 Å². The minimum atomic E-state index is -0.467. The van der Waals surface area contributed by atoms with Gasteiger partial charge in [0.1, 0.15) is 0 Å². The Balaban J connectivity index is 1.52. The monoisotopic (exact) mass is 483 g/mol. The summed E-state index contributed by atoms with van der Waals surface area (Å²) in [5.41, 5.74) is 3.72. The Labute approximate surface area is 190 Å². The fraction of sp³-hybridized carbons (Fsp3) is 0.375. The zero-order valence-electron chi connectivity index (χ0n) is 17.8. The summed E-state index contributed by atoms with van der Waals surface area (Å²) in [6.07, 6.45) is 2.17. The van der Waals surface area contributed by atoms with Crippen molar-refractivity contribution in [1.29, 1.82) is 0 Å². The molecule has 6 nitrogen and oxygen atoms in total.